The van der Waals surface area contributed by atoms with Crippen LogP contribution in [0.25, 0.3) is 0 Å². The zero-order chi connectivity index (χ0) is 9.56. The smallest absolute Gasteiger partial charge is 0.158 e. The lowest BCUT2D eigenvalue weighted by atomic mass is 9.99. The lowest BCUT2D eigenvalue weighted by molar-refractivity contribution is -0.127. The van der Waals surface area contributed by atoms with Crippen LogP contribution in [0.3, 0.4) is 0 Å². The summed E-state index contributed by atoms with van der Waals surface area (Å²) >= 11 is 0. The first-order valence-corrected chi connectivity index (χ1v) is 4.61. The molecule has 1 saturated heterocycles. The fourth-order valence-electron chi connectivity index (χ4n) is 1.28. The molecular formula is C9H19NO2. The van der Waals surface area contributed by atoms with Crippen molar-refractivity contribution in [2.75, 3.05) is 13.1 Å². The lowest BCUT2D eigenvalue weighted by Crippen LogP contribution is -2.28. The second-order valence-electron chi connectivity index (χ2n) is 2.81. The van der Waals surface area contributed by atoms with Gasteiger partial charge in [0.25, 0.3) is 0 Å². The molecule has 72 valence electrons. The molecule has 3 heteroatoms. The predicted octanol–water partition coefficient (Wildman–Crippen LogP) is 0.572. The Kier molecular flexibility index (Phi) is 5.93. The molecule has 1 aliphatic rings. The minimum absolute atomic E-state index is 0.117. The average Bonchev–Trinajstić information content (AvgIpc) is 2.58. The van der Waals surface area contributed by atoms with Crippen LogP contribution in [-0.4, -0.2) is 30.1 Å². The van der Waals surface area contributed by atoms with Crippen molar-refractivity contribution in [1.29, 1.82) is 0 Å². The molecule has 0 radical (unpaired) electrons. The molecule has 3 nitrogen and oxygen atoms in total. The molecule has 0 aromatic rings. The van der Waals surface area contributed by atoms with Crippen molar-refractivity contribution in [3.05, 3.63) is 0 Å². The highest BCUT2D eigenvalue weighted by molar-refractivity contribution is 5.80. The number of hydrogen-bond acceptors (Lipinski definition) is 3. The average molecular weight is 173 g/mol. The van der Waals surface area contributed by atoms with Crippen LogP contribution in [0.15, 0.2) is 0 Å². The number of aliphatic hydroxyl groups is 1. The Bertz CT molecular complexity index is 130. The van der Waals surface area contributed by atoms with Crippen LogP contribution in [-0.2, 0) is 4.79 Å². The first-order chi connectivity index (χ1) is 5.72. The number of rotatable bonds is 2. The molecule has 0 aromatic heterocycles. The van der Waals surface area contributed by atoms with E-state index in [9.17, 15) is 9.90 Å². The first-order valence-electron chi connectivity index (χ1n) is 4.61. The van der Waals surface area contributed by atoms with Gasteiger partial charge >= 0.3 is 0 Å². The second kappa shape index (κ2) is 6.14. The van der Waals surface area contributed by atoms with Crippen molar-refractivity contribution in [3.8, 4) is 0 Å². The van der Waals surface area contributed by atoms with Gasteiger partial charge in [0.05, 0.1) is 0 Å². The van der Waals surface area contributed by atoms with E-state index in [1.807, 2.05) is 13.8 Å². The Morgan fingerprint density at radius 1 is 1.58 bits per heavy atom. The van der Waals surface area contributed by atoms with Crippen molar-refractivity contribution in [2.45, 2.75) is 33.3 Å². The van der Waals surface area contributed by atoms with Crippen LogP contribution in [0.4, 0.5) is 0 Å². The molecule has 0 aliphatic carbocycles. The molecule has 2 N–H and O–H groups in total. The fourth-order valence-corrected chi connectivity index (χ4v) is 1.28. The Morgan fingerprint density at radius 3 is 2.50 bits per heavy atom. The molecule has 1 heterocycles. The van der Waals surface area contributed by atoms with Crippen molar-refractivity contribution in [1.82, 2.24) is 5.32 Å². The highest BCUT2D eigenvalue weighted by Gasteiger charge is 2.25. The summed E-state index contributed by atoms with van der Waals surface area (Å²) in [6.07, 6.45) is 0.177. The van der Waals surface area contributed by atoms with Crippen molar-refractivity contribution >= 4 is 5.78 Å². The maximum atomic E-state index is 10.7. The van der Waals surface area contributed by atoms with E-state index < -0.39 is 6.10 Å². The van der Waals surface area contributed by atoms with Gasteiger partial charge in [-0.15, -0.1) is 0 Å². The predicted molar refractivity (Wildman–Crippen MR) is 49.0 cm³/mol. The van der Waals surface area contributed by atoms with E-state index in [0.29, 0.717) is 0 Å². The standard InChI is InChI=1S/C7H13NO2.C2H6/c1-5(9)7(10)6-2-3-8-4-6;1-2/h6-8,10H,2-4H2,1H3;1-2H3. The highest BCUT2D eigenvalue weighted by atomic mass is 16.3. The summed E-state index contributed by atoms with van der Waals surface area (Å²) in [4.78, 5) is 10.7. The largest absolute Gasteiger partial charge is 0.385 e. The van der Waals surface area contributed by atoms with Gasteiger partial charge < -0.3 is 10.4 Å². The Morgan fingerprint density at radius 2 is 2.17 bits per heavy atom. The van der Waals surface area contributed by atoms with E-state index >= 15 is 0 Å². The molecule has 0 spiro atoms. The second-order valence-corrected chi connectivity index (χ2v) is 2.81. The zero-order valence-electron chi connectivity index (χ0n) is 8.13. The Balaban J connectivity index is 0.000000561. The van der Waals surface area contributed by atoms with Crippen molar-refractivity contribution < 1.29 is 9.90 Å². The van der Waals surface area contributed by atoms with Gasteiger partial charge in [-0.05, 0) is 19.9 Å². The normalized spacial score (nSPS) is 24.2. The van der Waals surface area contributed by atoms with Gasteiger partial charge in [0.1, 0.15) is 6.10 Å². The number of hydrogen-bond donors (Lipinski definition) is 2. The van der Waals surface area contributed by atoms with E-state index in [-0.39, 0.29) is 11.7 Å². The molecule has 1 aliphatic heterocycles. The summed E-state index contributed by atoms with van der Waals surface area (Å²) in [5.74, 6) is 0.0335. The molecule has 2 atom stereocenters. The Labute approximate surface area is 74.2 Å². The third-order valence-electron chi connectivity index (χ3n) is 1.96. The lowest BCUT2D eigenvalue weighted by Gasteiger charge is -2.12. The zero-order valence-corrected chi connectivity index (χ0v) is 8.13. The topological polar surface area (TPSA) is 49.3 Å². The minimum Gasteiger partial charge on any atom is -0.385 e. The van der Waals surface area contributed by atoms with Crippen molar-refractivity contribution in [2.24, 2.45) is 5.92 Å². The fraction of sp³-hybridized carbons (Fsp3) is 0.889. The van der Waals surface area contributed by atoms with Crippen LogP contribution in [0.2, 0.25) is 0 Å². The summed E-state index contributed by atoms with van der Waals surface area (Å²) in [6, 6.07) is 0. The molecule has 2 unspecified atom stereocenters. The van der Waals surface area contributed by atoms with E-state index in [1.165, 1.54) is 6.92 Å². The summed E-state index contributed by atoms with van der Waals surface area (Å²) < 4.78 is 0. The quantitative estimate of drug-likeness (QED) is 0.642. The number of nitrogens with one attached hydrogen (secondary N) is 1. The molecule has 0 bridgehead atoms. The van der Waals surface area contributed by atoms with Gasteiger partial charge in [-0.3, -0.25) is 4.79 Å². The van der Waals surface area contributed by atoms with E-state index in [4.69, 9.17) is 0 Å². The maximum absolute atomic E-state index is 10.7. The number of carbonyl (C=O) groups is 1. The Hall–Kier alpha value is -0.410. The molecule has 1 rings (SSSR count). The number of carbonyl (C=O) groups excluding carboxylic acids is 1. The van der Waals surface area contributed by atoms with Crippen LogP contribution in [0, 0.1) is 5.92 Å². The number of Topliss-reactive ketones (excluding diaryl/α,β-unsaturated/α-hetero) is 1. The summed E-state index contributed by atoms with van der Waals surface area (Å²) in [7, 11) is 0. The van der Waals surface area contributed by atoms with Gasteiger partial charge in [0, 0.05) is 12.5 Å². The van der Waals surface area contributed by atoms with Gasteiger partial charge in [-0.25, -0.2) is 0 Å². The van der Waals surface area contributed by atoms with E-state index in [2.05, 4.69) is 5.32 Å². The summed E-state index contributed by atoms with van der Waals surface area (Å²) in [5.41, 5.74) is 0. The van der Waals surface area contributed by atoms with Gasteiger partial charge in [-0.1, -0.05) is 13.8 Å². The van der Waals surface area contributed by atoms with Crippen molar-refractivity contribution in [3.63, 3.8) is 0 Å². The minimum atomic E-state index is -0.741. The molecule has 0 aromatic carbocycles. The molecule has 0 amide bonds. The third-order valence-corrected chi connectivity index (χ3v) is 1.96. The maximum Gasteiger partial charge on any atom is 0.158 e. The van der Waals surface area contributed by atoms with Gasteiger partial charge in [0.2, 0.25) is 0 Å². The summed E-state index contributed by atoms with van der Waals surface area (Å²) in [6.45, 7) is 7.14. The number of ketones is 1. The van der Waals surface area contributed by atoms with Crippen LogP contribution < -0.4 is 5.32 Å². The van der Waals surface area contributed by atoms with Gasteiger partial charge in [-0.2, -0.15) is 0 Å². The first kappa shape index (κ1) is 11.6. The van der Waals surface area contributed by atoms with E-state index in [0.717, 1.165) is 19.5 Å². The molecule has 1 fully saturated rings. The summed E-state index contributed by atoms with van der Waals surface area (Å²) in [5, 5.41) is 12.3. The van der Waals surface area contributed by atoms with Crippen LogP contribution in [0.1, 0.15) is 27.2 Å². The highest BCUT2D eigenvalue weighted by Crippen LogP contribution is 2.12. The monoisotopic (exact) mass is 173 g/mol. The van der Waals surface area contributed by atoms with E-state index in [1.54, 1.807) is 0 Å². The SMILES string of the molecule is CC.CC(=O)C(O)C1CCNC1. The van der Waals surface area contributed by atoms with Gasteiger partial charge in [0.15, 0.2) is 5.78 Å². The third kappa shape index (κ3) is 3.32. The molecule has 12 heavy (non-hydrogen) atoms. The molecule has 0 saturated carbocycles. The van der Waals surface area contributed by atoms with Crippen LogP contribution in [0.5, 0.6) is 0 Å². The van der Waals surface area contributed by atoms with Crippen LogP contribution >= 0.6 is 0 Å². The number of aliphatic hydroxyl groups excluding tert-OH is 1. The molecular weight excluding hydrogens is 154 g/mol.